The van der Waals surface area contributed by atoms with Crippen molar-refractivity contribution in [1.29, 1.82) is 0 Å². The van der Waals surface area contributed by atoms with E-state index in [-0.39, 0.29) is 17.3 Å². The lowest BCUT2D eigenvalue weighted by Gasteiger charge is -2.32. The van der Waals surface area contributed by atoms with Crippen LogP contribution in [0.15, 0.2) is 0 Å². The van der Waals surface area contributed by atoms with Crippen molar-refractivity contribution >= 4 is 0 Å². The molecule has 0 aromatic heterocycles. The molecule has 1 rings (SSSR count). The van der Waals surface area contributed by atoms with Gasteiger partial charge in [-0.3, -0.25) is 0 Å². The van der Waals surface area contributed by atoms with E-state index in [0.29, 0.717) is 0 Å². The molecule has 2 heteroatoms. The van der Waals surface area contributed by atoms with Crippen LogP contribution in [0.25, 0.3) is 0 Å². The summed E-state index contributed by atoms with van der Waals surface area (Å²) in [5.74, 6) is -0.310. The molecule has 0 aromatic carbocycles. The first kappa shape index (κ1) is 31.9. The van der Waals surface area contributed by atoms with Gasteiger partial charge in [0.2, 0.25) is 0 Å². The van der Waals surface area contributed by atoms with Gasteiger partial charge in [0.25, 0.3) is 0 Å². The number of hydrogen-bond acceptors (Lipinski definition) is 2. The van der Waals surface area contributed by atoms with E-state index < -0.39 is 0 Å². The van der Waals surface area contributed by atoms with Crippen LogP contribution in [0.5, 0.6) is 0 Å². The molecule has 204 valence electrons. The third-order valence-corrected chi connectivity index (χ3v) is 8.48. The summed E-state index contributed by atoms with van der Waals surface area (Å²) in [5, 5.41) is 0. The Kier molecular flexibility index (Phi) is 18.8. The smallest absolute Gasteiger partial charge is 0.168 e. The van der Waals surface area contributed by atoms with E-state index in [2.05, 4.69) is 34.6 Å². The molecule has 1 unspecified atom stereocenters. The number of unbranched alkanes of at least 4 members (excludes halogenated alkanes) is 19. The highest BCUT2D eigenvalue weighted by atomic mass is 16.7. The average molecular weight is 481 g/mol. The first-order valence-electron chi connectivity index (χ1n) is 15.8. The normalized spacial score (nSPS) is 18.1. The highest BCUT2D eigenvalue weighted by Crippen LogP contribution is 2.40. The number of hydrogen-bond donors (Lipinski definition) is 0. The van der Waals surface area contributed by atoms with Crippen molar-refractivity contribution in [2.45, 2.75) is 194 Å². The van der Waals surface area contributed by atoms with Crippen LogP contribution >= 0.6 is 0 Å². The predicted octanol–water partition coefficient (Wildman–Crippen LogP) is 11.2. The Morgan fingerprint density at radius 2 is 0.912 bits per heavy atom. The highest BCUT2D eigenvalue weighted by Gasteiger charge is 2.44. The second-order valence-electron chi connectivity index (χ2n) is 12.0. The van der Waals surface area contributed by atoms with Gasteiger partial charge in [-0.25, -0.2) is 0 Å². The minimum Gasteiger partial charge on any atom is -0.347 e. The second kappa shape index (κ2) is 20.0. The number of ether oxygens (including phenoxy) is 2. The molecule has 1 aliphatic heterocycles. The zero-order chi connectivity index (χ0) is 25.0. The molecule has 2 nitrogen and oxygen atoms in total. The molecule has 1 fully saturated rings. The summed E-state index contributed by atoms with van der Waals surface area (Å²) < 4.78 is 12.4. The molecule has 1 saturated heterocycles. The van der Waals surface area contributed by atoms with Gasteiger partial charge in [0.15, 0.2) is 5.79 Å². The summed E-state index contributed by atoms with van der Waals surface area (Å²) in [4.78, 5) is 0. The van der Waals surface area contributed by atoms with E-state index in [9.17, 15) is 0 Å². The summed E-state index contributed by atoms with van der Waals surface area (Å²) in [6, 6.07) is 0. The minimum atomic E-state index is -0.310. The van der Waals surface area contributed by atoms with Crippen molar-refractivity contribution in [2.75, 3.05) is 6.61 Å². The SMILES string of the molecule is CCCCCCCCCCCCCCCCCCCCCCC(C)(C)C1COC(CC)(CC)O1. The van der Waals surface area contributed by atoms with Crippen molar-refractivity contribution < 1.29 is 9.47 Å². The maximum absolute atomic E-state index is 6.38. The largest absolute Gasteiger partial charge is 0.347 e. The lowest BCUT2D eigenvalue weighted by Crippen LogP contribution is -2.35. The van der Waals surface area contributed by atoms with Crippen LogP contribution in [0.4, 0.5) is 0 Å². The molecule has 0 saturated carbocycles. The molecule has 0 aliphatic carbocycles. The Morgan fingerprint density at radius 1 is 0.559 bits per heavy atom. The van der Waals surface area contributed by atoms with E-state index in [1.54, 1.807) is 0 Å². The Balaban J connectivity index is 1.83. The molecule has 0 spiro atoms. The van der Waals surface area contributed by atoms with Gasteiger partial charge >= 0.3 is 0 Å². The van der Waals surface area contributed by atoms with Crippen molar-refractivity contribution in [3.63, 3.8) is 0 Å². The monoisotopic (exact) mass is 480 g/mol. The highest BCUT2D eigenvalue weighted by molar-refractivity contribution is 4.86. The third-order valence-electron chi connectivity index (χ3n) is 8.48. The quantitative estimate of drug-likeness (QED) is 0.128. The molecule has 34 heavy (non-hydrogen) atoms. The van der Waals surface area contributed by atoms with Crippen LogP contribution < -0.4 is 0 Å². The molecule has 0 radical (unpaired) electrons. The molecular weight excluding hydrogens is 416 g/mol. The topological polar surface area (TPSA) is 18.5 Å². The minimum absolute atomic E-state index is 0.223. The lowest BCUT2D eigenvalue weighted by molar-refractivity contribution is -0.182. The van der Waals surface area contributed by atoms with Crippen molar-refractivity contribution in [3.8, 4) is 0 Å². The van der Waals surface area contributed by atoms with E-state index in [1.165, 1.54) is 135 Å². The van der Waals surface area contributed by atoms with E-state index in [1.807, 2.05) is 0 Å². The van der Waals surface area contributed by atoms with Crippen LogP contribution in [0.2, 0.25) is 0 Å². The molecule has 1 atom stereocenters. The van der Waals surface area contributed by atoms with Crippen LogP contribution in [-0.2, 0) is 9.47 Å². The van der Waals surface area contributed by atoms with E-state index >= 15 is 0 Å². The predicted molar refractivity (Wildman–Crippen MR) is 151 cm³/mol. The van der Waals surface area contributed by atoms with Crippen molar-refractivity contribution in [3.05, 3.63) is 0 Å². The first-order chi connectivity index (χ1) is 16.5. The van der Waals surface area contributed by atoms with Gasteiger partial charge in [-0.2, -0.15) is 0 Å². The van der Waals surface area contributed by atoms with E-state index in [0.717, 1.165) is 19.4 Å². The standard InChI is InChI=1S/C32H64O2/c1-6-9-10-11-12-13-14-15-16-17-18-19-20-21-22-23-24-25-26-27-28-31(4,5)30-29-33-32(7-2,8-3)34-30/h30H,6-29H2,1-5H3. The number of rotatable bonds is 24. The van der Waals surface area contributed by atoms with Crippen LogP contribution in [0.1, 0.15) is 182 Å². The fourth-order valence-corrected chi connectivity index (χ4v) is 5.56. The van der Waals surface area contributed by atoms with Crippen LogP contribution in [-0.4, -0.2) is 18.5 Å². The Labute approximate surface area is 215 Å². The zero-order valence-corrected chi connectivity index (χ0v) is 24.4. The van der Waals surface area contributed by atoms with Gasteiger partial charge in [0, 0.05) is 0 Å². The molecule has 0 N–H and O–H groups in total. The fraction of sp³-hybridized carbons (Fsp3) is 1.00. The Hall–Kier alpha value is -0.0800. The Morgan fingerprint density at radius 3 is 1.24 bits per heavy atom. The fourth-order valence-electron chi connectivity index (χ4n) is 5.56. The van der Waals surface area contributed by atoms with Crippen molar-refractivity contribution in [1.82, 2.24) is 0 Å². The summed E-state index contributed by atoms with van der Waals surface area (Å²) in [6.07, 6.45) is 32.3. The maximum Gasteiger partial charge on any atom is 0.168 e. The zero-order valence-electron chi connectivity index (χ0n) is 24.4. The molecule has 1 heterocycles. The maximum atomic E-state index is 6.38. The molecule has 0 aromatic rings. The summed E-state index contributed by atoms with van der Waals surface area (Å²) in [6.45, 7) is 12.2. The van der Waals surface area contributed by atoms with Gasteiger partial charge in [-0.1, -0.05) is 163 Å². The van der Waals surface area contributed by atoms with Gasteiger partial charge in [-0.15, -0.1) is 0 Å². The summed E-state index contributed by atoms with van der Waals surface area (Å²) >= 11 is 0. The van der Waals surface area contributed by atoms with Crippen molar-refractivity contribution in [2.24, 2.45) is 5.41 Å². The van der Waals surface area contributed by atoms with Crippen LogP contribution in [0, 0.1) is 5.41 Å². The Bertz CT molecular complexity index is 440. The lowest BCUT2D eigenvalue weighted by atomic mass is 9.81. The van der Waals surface area contributed by atoms with Crippen LogP contribution in [0.3, 0.4) is 0 Å². The summed E-state index contributed by atoms with van der Waals surface area (Å²) in [7, 11) is 0. The summed E-state index contributed by atoms with van der Waals surface area (Å²) in [5.41, 5.74) is 0.223. The van der Waals surface area contributed by atoms with Gasteiger partial charge in [0.1, 0.15) is 0 Å². The third kappa shape index (κ3) is 14.5. The van der Waals surface area contributed by atoms with Gasteiger partial charge < -0.3 is 9.47 Å². The van der Waals surface area contributed by atoms with Gasteiger partial charge in [-0.05, 0) is 24.7 Å². The molecule has 0 amide bonds. The second-order valence-corrected chi connectivity index (χ2v) is 12.0. The molecular formula is C32H64O2. The first-order valence-corrected chi connectivity index (χ1v) is 15.8. The van der Waals surface area contributed by atoms with E-state index in [4.69, 9.17) is 9.47 Å². The average Bonchev–Trinajstić information content (AvgIpc) is 3.29. The molecule has 1 aliphatic rings. The molecule has 0 bridgehead atoms. The van der Waals surface area contributed by atoms with Gasteiger partial charge in [0.05, 0.1) is 12.7 Å².